The second kappa shape index (κ2) is 2.96. The van der Waals surface area contributed by atoms with E-state index in [-0.39, 0.29) is 5.41 Å². The lowest BCUT2D eigenvalue weighted by Crippen LogP contribution is -2.19. The zero-order chi connectivity index (χ0) is 10.3. The van der Waals surface area contributed by atoms with Gasteiger partial charge in [-0.2, -0.15) is 0 Å². The molecule has 0 heterocycles. The Balaban J connectivity index is 2.28. The van der Waals surface area contributed by atoms with Crippen LogP contribution in [0, 0.1) is 5.41 Å². The fraction of sp³-hybridized carbons (Fsp3) is 0.200. The number of allylic oxidation sites excluding steroid dienone is 12. The summed E-state index contributed by atoms with van der Waals surface area (Å²) in [6.45, 7) is 2.33. The van der Waals surface area contributed by atoms with E-state index in [1.165, 1.54) is 16.7 Å². The van der Waals surface area contributed by atoms with E-state index in [0.717, 1.165) is 6.42 Å². The van der Waals surface area contributed by atoms with E-state index in [0.29, 0.717) is 0 Å². The number of hydrogen-bond donors (Lipinski definition) is 0. The van der Waals surface area contributed by atoms with Crippen LogP contribution in [0.3, 0.4) is 0 Å². The van der Waals surface area contributed by atoms with Crippen molar-refractivity contribution in [2.24, 2.45) is 5.41 Å². The maximum Gasteiger partial charge on any atom is 0.0389 e. The number of rotatable bonds is 0. The Kier molecular flexibility index (Phi) is 1.72. The maximum absolute atomic E-state index is 2.33. The molecule has 3 aliphatic carbocycles. The van der Waals surface area contributed by atoms with Gasteiger partial charge in [0.1, 0.15) is 0 Å². The van der Waals surface area contributed by atoms with Crippen molar-refractivity contribution in [2.45, 2.75) is 13.3 Å². The van der Waals surface area contributed by atoms with Crippen LogP contribution in [0.25, 0.3) is 0 Å². The predicted octanol–water partition coefficient (Wildman–Crippen LogP) is 3.87. The van der Waals surface area contributed by atoms with Gasteiger partial charge in [-0.1, -0.05) is 60.3 Å². The molecule has 0 aromatic heterocycles. The minimum Gasteiger partial charge on any atom is -0.0804 e. The summed E-state index contributed by atoms with van der Waals surface area (Å²) in [4.78, 5) is 0. The highest BCUT2D eigenvalue weighted by Gasteiger charge is 2.38. The van der Waals surface area contributed by atoms with Gasteiger partial charge in [0.25, 0.3) is 0 Å². The van der Waals surface area contributed by atoms with Gasteiger partial charge in [0.2, 0.25) is 0 Å². The molecule has 74 valence electrons. The van der Waals surface area contributed by atoms with Crippen molar-refractivity contribution in [2.75, 3.05) is 0 Å². The lowest BCUT2D eigenvalue weighted by Gasteiger charge is -2.29. The summed E-state index contributed by atoms with van der Waals surface area (Å²) in [5.41, 5.74) is 4.44. The minimum absolute atomic E-state index is 0.118. The van der Waals surface area contributed by atoms with Crippen molar-refractivity contribution in [3.05, 3.63) is 71.4 Å². The molecular weight excluding hydrogens is 180 g/mol. The Morgan fingerprint density at radius 3 is 2.40 bits per heavy atom. The van der Waals surface area contributed by atoms with Crippen molar-refractivity contribution in [1.29, 1.82) is 0 Å². The van der Waals surface area contributed by atoms with E-state index >= 15 is 0 Å². The van der Waals surface area contributed by atoms with Crippen LogP contribution >= 0.6 is 0 Å². The molecule has 0 N–H and O–H groups in total. The number of hydrogen-bond acceptors (Lipinski definition) is 0. The van der Waals surface area contributed by atoms with E-state index in [1.807, 2.05) is 0 Å². The average molecular weight is 194 g/mol. The first-order chi connectivity index (χ1) is 7.32. The Morgan fingerprint density at radius 2 is 1.60 bits per heavy atom. The normalized spacial score (nSPS) is 31.4. The van der Waals surface area contributed by atoms with Crippen LogP contribution in [0.4, 0.5) is 0 Å². The molecule has 0 nitrogen and oxygen atoms in total. The van der Waals surface area contributed by atoms with E-state index < -0.39 is 0 Å². The molecule has 3 rings (SSSR count). The third kappa shape index (κ3) is 1.08. The van der Waals surface area contributed by atoms with Crippen LogP contribution in [-0.4, -0.2) is 0 Å². The molecule has 3 aliphatic rings. The third-order valence-corrected chi connectivity index (χ3v) is 3.67. The van der Waals surface area contributed by atoms with E-state index in [9.17, 15) is 0 Å². The second-order valence-electron chi connectivity index (χ2n) is 4.41. The van der Waals surface area contributed by atoms with Crippen molar-refractivity contribution in [3.63, 3.8) is 0 Å². The average Bonchev–Trinajstić information content (AvgIpc) is 2.37. The topological polar surface area (TPSA) is 0 Å². The van der Waals surface area contributed by atoms with Crippen molar-refractivity contribution in [3.8, 4) is 0 Å². The van der Waals surface area contributed by atoms with Gasteiger partial charge in [0.05, 0.1) is 0 Å². The first-order valence-electron chi connectivity index (χ1n) is 5.46. The fourth-order valence-corrected chi connectivity index (χ4v) is 2.63. The van der Waals surface area contributed by atoms with Crippen LogP contribution in [0.2, 0.25) is 0 Å². The van der Waals surface area contributed by atoms with Gasteiger partial charge in [-0.15, -0.1) is 0 Å². The predicted molar refractivity (Wildman–Crippen MR) is 64.4 cm³/mol. The van der Waals surface area contributed by atoms with Crippen molar-refractivity contribution in [1.82, 2.24) is 0 Å². The Labute approximate surface area is 90.7 Å². The van der Waals surface area contributed by atoms with Gasteiger partial charge in [-0.3, -0.25) is 0 Å². The fourth-order valence-electron chi connectivity index (χ4n) is 2.63. The van der Waals surface area contributed by atoms with E-state index in [1.54, 1.807) is 0 Å². The monoisotopic (exact) mass is 194 g/mol. The highest BCUT2D eigenvalue weighted by Crippen LogP contribution is 2.50. The molecule has 0 saturated heterocycles. The molecule has 0 amide bonds. The molecule has 0 bridgehead atoms. The molecule has 1 atom stereocenters. The Bertz CT molecular complexity index is 478. The molecule has 0 aliphatic heterocycles. The smallest absolute Gasteiger partial charge is 0.0389 e. The maximum atomic E-state index is 2.33. The SMILES string of the molecule is C[C@]12C3=CC=CC=C1CC=CC=C2C=C3. The van der Waals surface area contributed by atoms with Crippen molar-refractivity contribution < 1.29 is 0 Å². The van der Waals surface area contributed by atoms with Crippen LogP contribution in [0.15, 0.2) is 71.4 Å². The molecular formula is C15H14. The second-order valence-corrected chi connectivity index (χ2v) is 4.41. The molecule has 0 saturated carbocycles. The third-order valence-electron chi connectivity index (χ3n) is 3.67. The standard InChI is InChI=1S/C15H14/c1-15-12-6-2-4-8-13(15)10-11-14(15)9-5-3-7-12/h2-6,8-11H,7H2,1H3/t15-/m1/s1. The van der Waals surface area contributed by atoms with Gasteiger partial charge >= 0.3 is 0 Å². The van der Waals surface area contributed by atoms with E-state index in [4.69, 9.17) is 0 Å². The first-order valence-corrected chi connectivity index (χ1v) is 5.46. The highest BCUT2D eigenvalue weighted by atomic mass is 14.4. The quantitative estimate of drug-likeness (QED) is 0.549. The molecule has 0 aromatic carbocycles. The molecule has 0 heteroatoms. The molecule has 0 fully saturated rings. The summed E-state index contributed by atoms with van der Waals surface area (Å²) in [6.07, 6.45) is 21.0. The summed E-state index contributed by atoms with van der Waals surface area (Å²) < 4.78 is 0. The van der Waals surface area contributed by atoms with Crippen LogP contribution in [0.1, 0.15) is 13.3 Å². The van der Waals surface area contributed by atoms with Crippen LogP contribution in [-0.2, 0) is 0 Å². The Hall–Kier alpha value is -1.56. The summed E-state index contributed by atoms with van der Waals surface area (Å²) in [5, 5.41) is 0. The van der Waals surface area contributed by atoms with E-state index in [2.05, 4.69) is 61.6 Å². The van der Waals surface area contributed by atoms with Gasteiger partial charge in [0, 0.05) is 5.41 Å². The van der Waals surface area contributed by atoms with Gasteiger partial charge in [0.15, 0.2) is 0 Å². The zero-order valence-electron chi connectivity index (χ0n) is 8.90. The van der Waals surface area contributed by atoms with Crippen LogP contribution in [0.5, 0.6) is 0 Å². The highest BCUT2D eigenvalue weighted by molar-refractivity contribution is 5.60. The van der Waals surface area contributed by atoms with Gasteiger partial charge < -0.3 is 0 Å². The Morgan fingerprint density at radius 1 is 0.933 bits per heavy atom. The molecule has 0 radical (unpaired) electrons. The molecule has 0 unspecified atom stereocenters. The van der Waals surface area contributed by atoms with Gasteiger partial charge in [-0.25, -0.2) is 0 Å². The first kappa shape index (κ1) is 8.72. The van der Waals surface area contributed by atoms with Gasteiger partial charge in [-0.05, 0) is 24.5 Å². The minimum atomic E-state index is 0.118. The summed E-state index contributed by atoms with van der Waals surface area (Å²) in [5.74, 6) is 0. The summed E-state index contributed by atoms with van der Waals surface area (Å²) in [6, 6.07) is 0. The summed E-state index contributed by atoms with van der Waals surface area (Å²) in [7, 11) is 0. The molecule has 0 aromatic rings. The largest absolute Gasteiger partial charge is 0.0804 e. The zero-order valence-corrected chi connectivity index (χ0v) is 8.90. The van der Waals surface area contributed by atoms with Crippen LogP contribution < -0.4 is 0 Å². The molecule has 15 heavy (non-hydrogen) atoms. The lowest BCUT2D eigenvalue weighted by atomic mass is 9.73. The summed E-state index contributed by atoms with van der Waals surface area (Å²) >= 11 is 0. The molecule has 0 spiro atoms. The van der Waals surface area contributed by atoms with Crippen molar-refractivity contribution >= 4 is 0 Å². The lowest BCUT2D eigenvalue weighted by molar-refractivity contribution is 0.608.